The van der Waals surface area contributed by atoms with E-state index in [0.717, 1.165) is 24.3 Å². The summed E-state index contributed by atoms with van der Waals surface area (Å²) in [7, 11) is 0. The molecule has 2 heterocycles. The summed E-state index contributed by atoms with van der Waals surface area (Å²) in [5, 5.41) is 5.21. The highest BCUT2D eigenvalue weighted by Crippen LogP contribution is 2.30. The van der Waals surface area contributed by atoms with E-state index in [9.17, 15) is 31.5 Å². The number of aromatic nitrogens is 2. The lowest BCUT2D eigenvalue weighted by Gasteiger charge is -2.29. The molecule has 3 aromatic rings. The molecule has 1 aliphatic rings. The summed E-state index contributed by atoms with van der Waals surface area (Å²) in [5.41, 5.74) is -0.472. The van der Waals surface area contributed by atoms with E-state index in [1.54, 1.807) is 0 Å². The number of alkyl halides is 3. The Morgan fingerprint density at radius 2 is 1.74 bits per heavy atom. The van der Waals surface area contributed by atoms with E-state index in [0.29, 0.717) is 31.9 Å². The van der Waals surface area contributed by atoms with Crippen LogP contribution in [0.3, 0.4) is 0 Å². The number of fused-ring (bicyclic) bond motifs is 1. The lowest BCUT2D eigenvalue weighted by Crippen LogP contribution is -2.44. The van der Waals surface area contributed by atoms with Gasteiger partial charge < -0.3 is 20.4 Å². The second kappa shape index (κ2) is 9.27. The molecule has 4 rings (SSSR count). The number of carbonyl (C=O) groups is 2. The smallest absolute Gasteiger partial charge is 0.417 e. The fourth-order valence-electron chi connectivity index (χ4n) is 3.76. The van der Waals surface area contributed by atoms with Gasteiger partial charge in [0.05, 0.1) is 16.8 Å². The summed E-state index contributed by atoms with van der Waals surface area (Å²) in [6, 6.07) is 3.62. The van der Waals surface area contributed by atoms with Crippen molar-refractivity contribution in [2.24, 2.45) is 0 Å². The summed E-state index contributed by atoms with van der Waals surface area (Å²) < 4.78 is 70.3. The molecule has 12 heteroatoms. The van der Waals surface area contributed by atoms with Crippen LogP contribution in [0.1, 0.15) is 31.2 Å². The molecule has 7 nitrogen and oxygen atoms in total. The Hall–Kier alpha value is -3.70. The molecular formula is C22H19F5N4O3. The second-order valence-electron chi connectivity index (χ2n) is 7.92. The molecule has 1 aliphatic carbocycles. The maximum Gasteiger partial charge on any atom is 0.417 e. The van der Waals surface area contributed by atoms with Gasteiger partial charge >= 0.3 is 18.0 Å². The molecule has 0 spiro atoms. The van der Waals surface area contributed by atoms with Crippen molar-refractivity contribution in [2.45, 2.75) is 44.0 Å². The van der Waals surface area contributed by atoms with Crippen LogP contribution in [0.5, 0.6) is 5.88 Å². The Balaban J connectivity index is 1.26. The number of anilines is 1. The molecule has 0 saturated heterocycles. The van der Waals surface area contributed by atoms with Gasteiger partial charge in [-0.1, -0.05) is 0 Å². The molecule has 34 heavy (non-hydrogen) atoms. The second-order valence-corrected chi connectivity index (χ2v) is 7.92. The Kier molecular flexibility index (Phi) is 6.40. The van der Waals surface area contributed by atoms with Crippen LogP contribution in [0.15, 0.2) is 36.7 Å². The zero-order chi connectivity index (χ0) is 24.5. The van der Waals surface area contributed by atoms with Gasteiger partial charge in [0.25, 0.3) is 0 Å². The number of H-pyrrole nitrogens is 1. The lowest BCUT2D eigenvalue weighted by molar-refractivity contribution is -0.137. The molecule has 2 aromatic heterocycles. The molecule has 0 atom stereocenters. The van der Waals surface area contributed by atoms with Crippen molar-refractivity contribution in [1.82, 2.24) is 15.3 Å². The minimum atomic E-state index is -4.48. The van der Waals surface area contributed by atoms with E-state index in [1.807, 2.05) is 0 Å². The first-order chi connectivity index (χ1) is 16.1. The van der Waals surface area contributed by atoms with Gasteiger partial charge in [-0.25, -0.2) is 13.8 Å². The molecule has 0 radical (unpaired) electrons. The number of ether oxygens (including phenoxy) is 1. The van der Waals surface area contributed by atoms with E-state index >= 15 is 0 Å². The molecular weight excluding hydrogens is 463 g/mol. The van der Waals surface area contributed by atoms with Crippen LogP contribution in [0.25, 0.3) is 10.9 Å². The highest BCUT2D eigenvalue weighted by molar-refractivity contribution is 6.40. The van der Waals surface area contributed by atoms with Gasteiger partial charge in [-0.05, 0) is 37.8 Å². The number of carbonyl (C=O) groups excluding carboxylic acids is 2. The minimum Gasteiger partial charge on any atom is -0.474 e. The Morgan fingerprint density at radius 3 is 2.38 bits per heavy atom. The fourth-order valence-corrected chi connectivity index (χ4v) is 3.76. The average Bonchev–Trinajstić information content (AvgIpc) is 3.16. The summed E-state index contributed by atoms with van der Waals surface area (Å²) >= 11 is 0. The maximum atomic E-state index is 13.5. The largest absolute Gasteiger partial charge is 0.474 e. The van der Waals surface area contributed by atoms with Crippen LogP contribution in [0, 0.1) is 11.6 Å². The standard InChI is InChI=1S/C22H19F5N4O3/c23-15-7-14-17(8-16(15)24)28-10-18(14)31-21(33)20(32)30-12-2-4-13(5-3-12)34-19-6-1-11(9-29-19)22(25,26)27/h1,6-10,12-13,28H,2-5H2,(H,30,32)(H,31,33). The summed E-state index contributed by atoms with van der Waals surface area (Å²) in [6.07, 6.45) is -0.747. The van der Waals surface area contributed by atoms with Crippen molar-refractivity contribution in [1.29, 1.82) is 0 Å². The van der Waals surface area contributed by atoms with Crippen LogP contribution >= 0.6 is 0 Å². The number of pyridine rings is 1. The van der Waals surface area contributed by atoms with Gasteiger partial charge in [0.15, 0.2) is 11.6 Å². The number of hydrogen-bond acceptors (Lipinski definition) is 4. The van der Waals surface area contributed by atoms with Crippen molar-refractivity contribution in [3.05, 3.63) is 53.9 Å². The Labute approximate surface area is 189 Å². The summed E-state index contributed by atoms with van der Waals surface area (Å²) in [4.78, 5) is 30.9. The van der Waals surface area contributed by atoms with E-state index in [2.05, 4.69) is 20.6 Å². The third-order valence-electron chi connectivity index (χ3n) is 5.54. The number of aromatic amines is 1. The molecule has 180 valence electrons. The monoisotopic (exact) mass is 482 g/mol. The third-order valence-corrected chi connectivity index (χ3v) is 5.54. The maximum absolute atomic E-state index is 13.5. The molecule has 0 unspecified atom stereocenters. The zero-order valence-electron chi connectivity index (χ0n) is 17.5. The predicted molar refractivity (Wildman–Crippen MR) is 111 cm³/mol. The number of rotatable bonds is 4. The van der Waals surface area contributed by atoms with Crippen molar-refractivity contribution in [2.75, 3.05) is 5.32 Å². The number of benzene rings is 1. The van der Waals surface area contributed by atoms with Crippen LogP contribution in [-0.2, 0) is 15.8 Å². The van der Waals surface area contributed by atoms with Gasteiger partial charge in [-0.15, -0.1) is 0 Å². The van der Waals surface area contributed by atoms with E-state index < -0.39 is 35.2 Å². The van der Waals surface area contributed by atoms with Gasteiger partial charge in [0, 0.05) is 36.0 Å². The van der Waals surface area contributed by atoms with Crippen LogP contribution in [0.2, 0.25) is 0 Å². The van der Waals surface area contributed by atoms with Crippen molar-refractivity contribution >= 4 is 28.4 Å². The summed E-state index contributed by atoms with van der Waals surface area (Å²) in [6.45, 7) is 0. The first kappa shape index (κ1) is 23.5. The van der Waals surface area contributed by atoms with Gasteiger partial charge in [-0.2, -0.15) is 13.2 Å². The van der Waals surface area contributed by atoms with E-state index in [4.69, 9.17) is 4.74 Å². The molecule has 0 bridgehead atoms. The first-order valence-corrected chi connectivity index (χ1v) is 10.4. The normalized spacial score (nSPS) is 18.5. The number of nitrogens with zero attached hydrogens (tertiary/aromatic N) is 1. The highest BCUT2D eigenvalue weighted by atomic mass is 19.4. The van der Waals surface area contributed by atoms with Crippen LogP contribution < -0.4 is 15.4 Å². The van der Waals surface area contributed by atoms with Gasteiger partial charge in [-0.3, -0.25) is 9.59 Å². The average molecular weight is 482 g/mol. The fraction of sp³-hybridized carbons (Fsp3) is 0.318. The van der Waals surface area contributed by atoms with Crippen molar-refractivity contribution < 1.29 is 36.3 Å². The van der Waals surface area contributed by atoms with E-state index in [1.165, 1.54) is 6.20 Å². The SMILES string of the molecule is O=C(Nc1c[nH]c2cc(F)c(F)cc12)C(=O)NC1CCC(Oc2ccc(C(F)(F)F)cn2)CC1. The predicted octanol–water partition coefficient (Wildman–Crippen LogP) is 4.30. The summed E-state index contributed by atoms with van der Waals surface area (Å²) in [5.74, 6) is -3.89. The van der Waals surface area contributed by atoms with Crippen molar-refractivity contribution in [3.8, 4) is 5.88 Å². The number of amides is 2. The van der Waals surface area contributed by atoms with E-state index in [-0.39, 0.29) is 34.6 Å². The lowest BCUT2D eigenvalue weighted by atomic mass is 9.93. The first-order valence-electron chi connectivity index (χ1n) is 10.4. The number of nitrogens with one attached hydrogen (secondary N) is 3. The molecule has 1 fully saturated rings. The number of hydrogen-bond donors (Lipinski definition) is 3. The third kappa shape index (κ3) is 5.26. The quantitative estimate of drug-likeness (QED) is 0.382. The van der Waals surface area contributed by atoms with Gasteiger partial charge in [0.1, 0.15) is 6.10 Å². The molecule has 1 aromatic carbocycles. The van der Waals surface area contributed by atoms with Crippen LogP contribution in [-0.4, -0.2) is 33.9 Å². The molecule has 3 N–H and O–H groups in total. The Bertz CT molecular complexity index is 1200. The minimum absolute atomic E-state index is 0.0786. The molecule has 0 aliphatic heterocycles. The molecule has 2 amide bonds. The zero-order valence-corrected chi connectivity index (χ0v) is 17.5. The van der Waals surface area contributed by atoms with Gasteiger partial charge in [0.2, 0.25) is 5.88 Å². The van der Waals surface area contributed by atoms with Crippen LogP contribution in [0.4, 0.5) is 27.6 Å². The highest BCUT2D eigenvalue weighted by Gasteiger charge is 2.31. The Morgan fingerprint density at radius 1 is 1.03 bits per heavy atom. The van der Waals surface area contributed by atoms with Crippen molar-refractivity contribution in [3.63, 3.8) is 0 Å². The topological polar surface area (TPSA) is 96.1 Å². The molecule has 1 saturated carbocycles. The number of halogens is 5.